The van der Waals surface area contributed by atoms with E-state index in [1.807, 2.05) is 0 Å². The van der Waals surface area contributed by atoms with Gasteiger partial charge in [0.25, 0.3) is 0 Å². The number of aliphatic carboxylic acids is 1. The first kappa shape index (κ1) is 28.6. The third kappa shape index (κ3) is 6.53. The van der Waals surface area contributed by atoms with Crippen molar-refractivity contribution < 1.29 is 39.9 Å². The maximum atomic E-state index is 12.4. The van der Waals surface area contributed by atoms with Gasteiger partial charge in [0.15, 0.2) is 17.8 Å². The zero-order chi connectivity index (χ0) is 27.2. The summed E-state index contributed by atoms with van der Waals surface area (Å²) < 4.78 is 6.62. The number of rotatable bonds is 11. The van der Waals surface area contributed by atoms with Crippen LogP contribution in [0.5, 0.6) is 0 Å². The lowest BCUT2D eigenvalue weighted by Gasteiger charge is -2.41. The zero-order valence-corrected chi connectivity index (χ0v) is 19.0. The summed E-state index contributed by atoms with van der Waals surface area (Å²) in [6, 6.07) is -2.73. The number of aromatic nitrogens is 2. The summed E-state index contributed by atoms with van der Waals surface area (Å²) in [6.07, 6.45) is -2.01. The van der Waals surface area contributed by atoms with E-state index < -0.39 is 79.9 Å². The van der Waals surface area contributed by atoms with Crippen molar-refractivity contribution in [1.29, 1.82) is 0 Å². The Balaban J connectivity index is 2.52. The third-order valence-electron chi connectivity index (χ3n) is 5.32. The van der Waals surface area contributed by atoms with Gasteiger partial charge < -0.3 is 58.5 Å². The van der Waals surface area contributed by atoms with Crippen LogP contribution in [0.25, 0.3) is 0 Å². The standard InChI is InChI=1S/C19H30N8O9/c20-10(7-29)15(31)25-11-1-2-12(27-5-8(6-28)14(21)26-18(27)34)36-13(11)19(35,16(32)33)3-9(30)4-24-17(22)23/h1-2,5,9-13,28-30,35H,3-4,6-7,20H2,(H,25,31)(H,32,33)(H2,21,26,34)(H4,22,23,24)/t9-,10+,11+,12-,13+,19-/m1/s1. The molecule has 1 amide bonds. The number of hydrogen-bond donors (Lipinski definition) is 10. The quantitative estimate of drug-likeness (QED) is 0.0748. The molecule has 0 fully saturated rings. The number of carbonyl (C=O) groups is 2. The number of anilines is 1. The van der Waals surface area contributed by atoms with Crippen LogP contribution in [0.3, 0.4) is 0 Å². The van der Waals surface area contributed by atoms with E-state index >= 15 is 0 Å². The van der Waals surface area contributed by atoms with Crippen LogP contribution >= 0.6 is 0 Å². The fourth-order valence-corrected chi connectivity index (χ4v) is 3.43. The number of ether oxygens (including phenoxy) is 1. The summed E-state index contributed by atoms with van der Waals surface area (Å²) in [4.78, 5) is 44.1. The van der Waals surface area contributed by atoms with Crippen LogP contribution in [0.1, 0.15) is 18.2 Å². The van der Waals surface area contributed by atoms with Crippen LogP contribution in [0, 0.1) is 0 Å². The first-order valence-corrected chi connectivity index (χ1v) is 10.5. The topological polar surface area (TPSA) is 308 Å². The molecule has 0 unspecified atom stereocenters. The van der Waals surface area contributed by atoms with E-state index in [1.165, 1.54) is 12.2 Å². The number of aliphatic hydroxyl groups is 4. The average Bonchev–Trinajstić information content (AvgIpc) is 2.82. The van der Waals surface area contributed by atoms with Gasteiger partial charge in [-0.05, 0) is 6.08 Å². The van der Waals surface area contributed by atoms with E-state index in [1.54, 1.807) is 0 Å². The Morgan fingerprint density at radius 1 is 1.31 bits per heavy atom. The molecule has 17 heteroatoms. The molecule has 0 bridgehead atoms. The van der Waals surface area contributed by atoms with Crippen LogP contribution in [0.15, 0.2) is 28.1 Å². The molecule has 0 spiro atoms. The molecule has 0 radical (unpaired) electrons. The van der Waals surface area contributed by atoms with Gasteiger partial charge in [0.05, 0.1) is 31.9 Å². The number of nitrogens with two attached hydrogens (primary N) is 4. The minimum Gasteiger partial charge on any atom is -0.479 e. The molecule has 17 nitrogen and oxygen atoms in total. The molecule has 2 heterocycles. The SMILES string of the molecule is NC(N)=NC[C@H](O)C[C@](O)(C(=O)O)[C@H]1O[C@@H](n2cc(CO)c(N)nc2=O)C=C[C@@H]1NC(=O)[C@@H](N)CO. The maximum Gasteiger partial charge on any atom is 0.351 e. The lowest BCUT2D eigenvalue weighted by molar-refractivity contribution is -0.197. The highest BCUT2D eigenvalue weighted by Crippen LogP contribution is 2.31. The molecule has 0 saturated heterocycles. The second-order valence-electron chi connectivity index (χ2n) is 8.01. The highest BCUT2D eigenvalue weighted by Gasteiger charge is 2.52. The molecule has 14 N–H and O–H groups in total. The van der Waals surface area contributed by atoms with E-state index in [2.05, 4.69) is 15.3 Å². The molecule has 0 aromatic carbocycles. The number of aliphatic imine (C=N–C) groups is 1. The number of hydrogen-bond acceptors (Lipinski definition) is 12. The van der Waals surface area contributed by atoms with Crippen molar-refractivity contribution in [2.24, 2.45) is 22.2 Å². The Hall–Kier alpha value is -3.61. The van der Waals surface area contributed by atoms with Gasteiger partial charge >= 0.3 is 11.7 Å². The normalized spacial score (nSPS) is 22.8. The molecule has 200 valence electrons. The van der Waals surface area contributed by atoms with Crippen molar-refractivity contribution in [3.8, 4) is 0 Å². The van der Waals surface area contributed by atoms with Crippen molar-refractivity contribution in [3.63, 3.8) is 0 Å². The predicted octanol–water partition coefficient (Wildman–Crippen LogP) is -5.58. The molecule has 0 aliphatic carbocycles. The van der Waals surface area contributed by atoms with Crippen molar-refractivity contribution >= 4 is 23.7 Å². The number of nitrogens with zero attached hydrogens (tertiary/aromatic N) is 3. The van der Waals surface area contributed by atoms with Crippen molar-refractivity contribution in [2.45, 2.75) is 49.1 Å². The summed E-state index contributed by atoms with van der Waals surface area (Å²) in [7, 11) is 0. The zero-order valence-electron chi connectivity index (χ0n) is 19.0. The molecular weight excluding hydrogens is 484 g/mol. The number of carboxylic acid groups (broad SMARTS) is 1. The van der Waals surface area contributed by atoms with Gasteiger partial charge in [-0.2, -0.15) is 4.98 Å². The summed E-state index contributed by atoms with van der Waals surface area (Å²) in [5.41, 5.74) is 17.8. The molecule has 1 aromatic heterocycles. The minimum absolute atomic E-state index is 0.0636. The van der Waals surface area contributed by atoms with Gasteiger partial charge in [0, 0.05) is 18.2 Å². The monoisotopic (exact) mass is 514 g/mol. The molecule has 0 saturated carbocycles. The highest BCUT2D eigenvalue weighted by atomic mass is 16.5. The fourth-order valence-electron chi connectivity index (χ4n) is 3.43. The van der Waals surface area contributed by atoms with Crippen LogP contribution in [-0.2, 0) is 20.9 Å². The Labute approximate surface area is 203 Å². The predicted molar refractivity (Wildman–Crippen MR) is 123 cm³/mol. The molecule has 1 aromatic rings. The van der Waals surface area contributed by atoms with Gasteiger partial charge in [-0.25, -0.2) is 9.59 Å². The van der Waals surface area contributed by atoms with Gasteiger partial charge in [-0.3, -0.25) is 14.4 Å². The molecular formula is C19H30N8O9. The summed E-state index contributed by atoms with van der Waals surface area (Å²) in [5, 5.41) is 52.3. The van der Waals surface area contributed by atoms with Gasteiger partial charge in [0.2, 0.25) is 5.91 Å². The average molecular weight is 514 g/mol. The summed E-state index contributed by atoms with van der Waals surface area (Å²) in [6.45, 7) is -1.77. The van der Waals surface area contributed by atoms with Crippen molar-refractivity contribution in [2.75, 3.05) is 18.9 Å². The number of carbonyl (C=O) groups excluding carboxylic acids is 1. The second kappa shape index (κ2) is 11.9. The Kier molecular flexibility index (Phi) is 9.45. The number of amides is 1. The number of carboxylic acids is 1. The summed E-state index contributed by atoms with van der Waals surface area (Å²) in [5.74, 6) is -3.36. The Bertz CT molecular complexity index is 1070. The number of aliphatic hydroxyl groups excluding tert-OH is 3. The number of guanidine groups is 1. The summed E-state index contributed by atoms with van der Waals surface area (Å²) >= 11 is 0. The van der Waals surface area contributed by atoms with E-state index in [-0.39, 0.29) is 17.3 Å². The second-order valence-corrected chi connectivity index (χ2v) is 8.01. The lowest BCUT2D eigenvalue weighted by Crippen LogP contribution is -2.63. The van der Waals surface area contributed by atoms with Crippen molar-refractivity contribution in [1.82, 2.24) is 14.9 Å². The van der Waals surface area contributed by atoms with Crippen LogP contribution in [0.4, 0.5) is 5.82 Å². The van der Waals surface area contributed by atoms with Crippen molar-refractivity contribution in [3.05, 3.63) is 34.4 Å². The highest BCUT2D eigenvalue weighted by molar-refractivity contribution is 5.83. The van der Waals surface area contributed by atoms with Gasteiger partial charge in [-0.1, -0.05) is 6.08 Å². The van der Waals surface area contributed by atoms with Gasteiger partial charge in [-0.15, -0.1) is 0 Å². The maximum absolute atomic E-state index is 12.4. The van der Waals surface area contributed by atoms with Crippen LogP contribution < -0.4 is 33.9 Å². The Morgan fingerprint density at radius 2 is 1.97 bits per heavy atom. The van der Waals surface area contributed by atoms with Gasteiger partial charge in [0.1, 0.15) is 18.0 Å². The molecule has 6 atom stereocenters. The first-order chi connectivity index (χ1) is 16.8. The van der Waals surface area contributed by atoms with E-state index in [0.29, 0.717) is 0 Å². The van der Waals surface area contributed by atoms with E-state index in [4.69, 9.17) is 32.8 Å². The lowest BCUT2D eigenvalue weighted by atomic mass is 9.84. The third-order valence-corrected chi connectivity index (χ3v) is 5.32. The van der Waals surface area contributed by atoms with E-state index in [0.717, 1.165) is 10.8 Å². The Morgan fingerprint density at radius 3 is 2.53 bits per heavy atom. The molecule has 2 rings (SSSR count). The number of nitrogens with one attached hydrogen (secondary N) is 1. The van der Waals surface area contributed by atoms with Crippen LogP contribution in [-0.4, -0.2) is 96.0 Å². The molecule has 36 heavy (non-hydrogen) atoms. The smallest absolute Gasteiger partial charge is 0.351 e. The largest absolute Gasteiger partial charge is 0.479 e. The molecule has 1 aliphatic heterocycles. The fraction of sp³-hybridized carbons (Fsp3) is 0.526. The van der Waals surface area contributed by atoms with Crippen LogP contribution in [0.2, 0.25) is 0 Å². The first-order valence-electron chi connectivity index (χ1n) is 10.5. The number of nitrogen functional groups attached to an aromatic ring is 1. The molecule has 1 aliphatic rings. The van der Waals surface area contributed by atoms with E-state index in [9.17, 15) is 34.8 Å². The minimum atomic E-state index is -2.87.